The molecule has 2 aliphatic heterocycles. The average molecular weight is 595 g/mol. The van der Waals surface area contributed by atoms with Crippen LogP contribution in [0, 0.1) is 0 Å². The molecule has 228 valence electrons. The van der Waals surface area contributed by atoms with Crippen LogP contribution in [0.5, 0.6) is 23.0 Å². The van der Waals surface area contributed by atoms with Crippen molar-refractivity contribution in [2.45, 2.75) is 68.3 Å². The first-order chi connectivity index (χ1) is 19.9. The summed E-state index contributed by atoms with van der Waals surface area (Å²) >= 11 is 0. The predicted octanol–water partition coefficient (Wildman–Crippen LogP) is -1.74. The van der Waals surface area contributed by atoms with Crippen molar-refractivity contribution >= 4 is 11.0 Å². The second kappa shape index (κ2) is 11.6. The van der Waals surface area contributed by atoms with Gasteiger partial charge in [-0.2, -0.15) is 0 Å². The van der Waals surface area contributed by atoms with Gasteiger partial charge in [-0.15, -0.1) is 0 Å². The molecule has 9 N–H and O–H groups in total. The zero-order valence-corrected chi connectivity index (χ0v) is 21.9. The molecular formula is C27H30O15. The normalized spacial score (nSPS) is 33.4. The molecule has 0 radical (unpaired) electrons. The Bertz CT molecular complexity index is 1470. The van der Waals surface area contributed by atoms with Crippen LogP contribution >= 0.6 is 0 Å². The average Bonchev–Trinajstić information content (AvgIpc) is 2.96. The molecule has 0 spiro atoms. The Balaban J connectivity index is 1.58. The van der Waals surface area contributed by atoms with E-state index in [2.05, 4.69) is 0 Å². The third kappa shape index (κ3) is 5.37. The summed E-state index contributed by atoms with van der Waals surface area (Å²) < 4.78 is 28.0. The fourth-order valence-electron chi connectivity index (χ4n) is 4.76. The molecule has 0 saturated carbocycles. The van der Waals surface area contributed by atoms with Crippen molar-refractivity contribution in [1.82, 2.24) is 0 Å². The van der Waals surface area contributed by atoms with Crippen LogP contribution < -0.4 is 14.9 Å². The number of aliphatic hydroxyl groups is 7. The highest BCUT2D eigenvalue weighted by Gasteiger charge is 2.46. The molecule has 10 atom stereocenters. The van der Waals surface area contributed by atoms with Gasteiger partial charge < -0.3 is 69.3 Å². The van der Waals surface area contributed by atoms with Crippen molar-refractivity contribution in [2.24, 2.45) is 0 Å². The summed E-state index contributed by atoms with van der Waals surface area (Å²) in [5.41, 5.74) is -1.01. The fraction of sp³-hybridized carbons (Fsp3) is 0.444. The van der Waals surface area contributed by atoms with Crippen LogP contribution in [0.15, 0.2) is 45.6 Å². The molecule has 15 heteroatoms. The minimum absolute atomic E-state index is 0.112. The van der Waals surface area contributed by atoms with E-state index in [-0.39, 0.29) is 28.4 Å². The van der Waals surface area contributed by atoms with Gasteiger partial charge in [-0.1, -0.05) is 0 Å². The lowest BCUT2D eigenvalue weighted by Gasteiger charge is -2.39. The quantitative estimate of drug-likeness (QED) is 0.154. The first-order valence-electron chi connectivity index (χ1n) is 12.9. The highest BCUT2D eigenvalue weighted by Crippen LogP contribution is 2.38. The van der Waals surface area contributed by atoms with Gasteiger partial charge in [0.15, 0.2) is 5.76 Å². The van der Waals surface area contributed by atoms with Gasteiger partial charge >= 0.3 is 0 Å². The van der Waals surface area contributed by atoms with Crippen LogP contribution in [0.4, 0.5) is 0 Å². The largest absolute Gasteiger partial charge is 0.508 e. The summed E-state index contributed by atoms with van der Waals surface area (Å²) in [6.07, 6.45) is -15.5. The number of phenols is 2. The Morgan fingerprint density at radius 1 is 0.786 bits per heavy atom. The lowest BCUT2D eigenvalue weighted by Crippen LogP contribution is -2.60. The summed E-state index contributed by atoms with van der Waals surface area (Å²) in [5.74, 6) is -1.77. The lowest BCUT2D eigenvalue weighted by molar-refractivity contribution is -0.277. The monoisotopic (exact) mass is 594 g/mol. The zero-order chi connectivity index (χ0) is 30.5. The van der Waals surface area contributed by atoms with Crippen molar-refractivity contribution in [2.75, 3.05) is 6.61 Å². The van der Waals surface area contributed by atoms with Crippen LogP contribution in [0.1, 0.15) is 6.92 Å². The number of hydrogen-bond acceptors (Lipinski definition) is 15. The standard InChI is InChI=1S/C27H30O15/c1-9-17(31)20(34)22(36)26(38-9)39-12-6-13(30)16-14(7-12)40-24(10-2-4-11(29)5-3-10)25(19(16)33)42-27-23(37)21(35)18(32)15(8-28)41-27/h2-7,9,15,17-18,20-23,26-32,34-37H,8H2,1H3/t9-,15-,17-,18-,20+,21+,22-,23-,26+,27+/m0/s1. The number of aliphatic hydroxyl groups excluding tert-OH is 7. The number of phenolic OH excluding ortho intramolecular Hbond substituents is 2. The minimum atomic E-state index is -1.87. The number of benzene rings is 2. The fourth-order valence-corrected chi connectivity index (χ4v) is 4.76. The van der Waals surface area contributed by atoms with Crippen molar-refractivity contribution in [3.63, 3.8) is 0 Å². The molecule has 0 amide bonds. The third-order valence-corrected chi connectivity index (χ3v) is 7.18. The number of aromatic hydroxyl groups is 2. The Labute approximate surface area is 236 Å². The highest BCUT2D eigenvalue weighted by atomic mass is 16.7. The van der Waals surface area contributed by atoms with E-state index < -0.39 is 90.3 Å². The first kappa shape index (κ1) is 30.0. The number of ether oxygens (including phenoxy) is 4. The van der Waals surface area contributed by atoms with Gasteiger partial charge in [0.1, 0.15) is 70.9 Å². The van der Waals surface area contributed by atoms with Gasteiger partial charge in [0.25, 0.3) is 0 Å². The Morgan fingerprint density at radius 3 is 2.05 bits per heavy atom. The van der Waals surface area contributed by atoms with Gasteiger partial charge in [0, 0.05) is 17.7 Å². The summed E-state index contributed by atoms with van der Waals surface area (Å²) in [4.78, 5) is 13.7. The number of rotatable bonds is 6. The second-order valence-electron chi connectivity index (χ2n) is 10.1. The Kier molecular flexibility index (Phi) is 8.30. The number of hydrogen-bond donors (Lipinski definition) is 9. The van der Waals surface area contributed by atoms with E-state index in [1.807, 2.05) is 0 Å². The van der Waals surface area contributed by atoms with Crippen LogP contribution in [0.2, 0.25) is 0 Å². The van der Waals surface area contributed by atoms with Crippen LogP contribution in [0.3, 0.4) is 0 Å². The molecule has 2 aliphatic rings. The summed E-state index contributed by atoms with van der Waals surface area (Å²) in [6, 6.07) is 7.53. The van der Waals surface area contributed by atoms with E-state index >= 15 is 0 Å². The SMILES string of the molecule is C[C@@H]1O[C@H](Oc2cc(O)c3c(=O)c(O[C@H]4O[C@@H](CO)[C@H](O)[C@@H](O)[C@@H]4O)c(-c4ccc(O)cc4)oc3c2)[C@@H](O)[C@H](O)[C@H]1O. The number of fused-ring (bicyclic) bond motifs is 1. The molecule has 0 aliphatic carbocycles. The zero-order valence-electron chi connectivity index (χ0n) is 21.9. The van der Waals surface area contributed by atoms with E-state index in [1.165, 1.54) is 37.3 Å². The second-order valence-corrected chi connectivity index (χ2v) is 10.1. The maximum atomic E-state index is 13.7. The molecule has 2 aromatic carbocycles. The maximum Gasteiger partial charge on any atom is 0.239 e. The summed E-state index contributed by atoms with van der Waals surface area (Å²) in [7, 11) is 0. The molecule has 3 heterocycles. The molecule has 1 aromatic heterocycles. The molecule has 5 rings (SSSR count). The Morgan fingerprint density at radius 2 is 1.40 bits per heavy atom. The van der Waals surface area contributed by atoms with E-state index in [9.17, 15) is 50.8 Å². The van der Waals surface area contributed by atoms with Crippen LogP contribution in [0.25, 0.3) is 22.3 Å². The van der Waals surface area contributed by atoms with Gasteiger partial charge in [-0.25, -0.2) is 0 Å². The molecule has 2 fully saturated rings. The topological polar surface area (TPSA) is 249 Å². The molecule has 2 saturated heterocycles. The van der Waals surface area contributed by atoms with Gasteiger partial charge in [0.2, 0.25) is 23.8 Å². The molecule has 42 heavy (non-hydrogen) atoms. The van der Waals surface area contributed by atoms with Crippen molar-refractivity contribution in [3.8, 4) is 34.3 Å². The molecule has 15 nitrogen and oxygen atoms in total. The highest BCUT2D eigenvalue weighted by molar-refractivity contribution is 5.88. The molecule has 0 bridgehead atoms. The molecule has 3 aromatic rings. The van der Waals surface area contributed by atoms with E-state index in [0.717, 1.165) is 6.07 Å². The predicted molar refractivity (Wildman–Crippen MR) is 139 cm³/mol. The third-order valence-electron chi connectivity index (χ3n) is 7.18. The van der Waals surface area contributed by atoms with Gasteiger partial charge in [-0.3, -0.25) is 4.79 Å². The maximum absolute atomic E-state index is 13.7. The van der Waals surface area contributed by atoms with Crippen molar-refractivity contribution < 1.29 is 69.3 Å². The smallest absolute Gasteiger partial charge is 0.239 e. The van der Waals surface area contributed by atoms with E-state index in [4.69, 9.17) is 23.4 Å². The molecule has 0 unspecified atom stereocenters. The van der Waals surface area contributed by atoms with Crippen molar-refractivity contribution in [1.29, 1.82) is 0 Å². The van der Waals surface area contributed by atoms with Crippen LogP contribution in [-0.2, 0) is 9.47 Å². The Hall–Kier alpha value is -3.51. The van der Waals surface area contributed by atoms with Gasteiger partial charge in [-0.05, 0) is 31.2 Å². The molecular weight excluding hydrogens is 564 g/mol. The first-order valence-corrected chi connectivity index (χ1v) is 12.9. The van der Waals surface area contributed by atoms with Gasteiger partial charge in [0.05, 0.1) is 12.7 Å². The van der Waals surface area contributed by atoms with E-state index in [1.54, 1.807) is 0 Å². The lowest BCUT2D eigenvalue weighted by atomic mass is 9.99. The summed E-state index contributed by atoms with van der Waals surface area (Å²) in [6.45, 7) is 0.702. The van der Waals surface area contributed by atoms with Crippen molar-refractivity contribution in [3.05, 3.63) is 46.6 Å². The minimum Gasteiger partial charge on any atom is -0.508 e. The summed E-state index contributed by atoms with van der Waals surface area (Å²) in [5, 5.41) is 90.7. The van der Waals surface area contributed by atoms with Crippen LogP contribution in [-0.4, -0.2) is 114 Å². The van der Waals surface area contributed by atoms with E-state index in [0.29, 0.717) is 0 Å².